The lowest BCUT2D eigenvalue weighted by molar-refractivity contribution is 0.0863. The fraction of sp³-hybridized carbons (Fsp3) is 0.643. The van der Waals surface area contributed by atoms with E-state index in [4.69, 9.17) is 10.5 Å². The first kappa shape index (κ1) is 15.1. The molecule has 4 heteroatoms. The van der Waals surface area contributed by atoms with Crippen molar-refractivity contribution < 1.29 is 4.74 Å². The van der Waals surface area contributed by atoms with Crippen LogP contribution < -0.4 is 5.73 Å². The topological polar surface area (TPSA) is 51.4 Å². The second-order valence-electron chi connectivity index (χ2n) is 4.91. The fourth-order valence-corrected chi connectivity index (χ4v) is 2.27. The van der Waals surface area contributed by atoms with Gasteiger partial charge in [0.15, 0.2) is 0 Å². The molecule has 0 fully saturated rings. The van der Waals surface area contributed by atoms with Crippen molar-refractivity contribution in [2.45, 2.75) is 38.9 Å². The number of rotatable bonds is 7. The van der Waals surface area contributed by atoms with Gasteiger partial charge in [-0.3, -0.25) is 9.88 Å². The zero-order chi connectivity index (χ0) is 13.5. The number of nitrogens with zero attached hydrogens (tertiary/aromatic N) is 2. The van der Waals surface area contributed by atoms with Crippen molar-refractivity contribution in [3.8, 4) is 0 Å². The summed E-state index contributed by atoms with van der Waals surface area (Å²) < 4.78 is 5.19. The van der Waals surface area contributed by atoms with Gasteiger partial charge in [-0.2, -0.15) is 0 Å². The van der Waals surface area contributed by atoms with Crippen LogP contribution in [0.1, 0.15) is 32.4 Å². The SMILES string of the molecule is COCCN(C(C)C)C(c1ccncc1)C(C)N. The maximum Gasteiger partial charge on any atom is 0.0590 e. The van der Waals surface area contributed by atoms with Crippen molar-refractivity contribution in [2.24, 2.45) is 5.73 Å². The Kier molecular flexibility index (Phi) is 6.25. The van der Waals surface area contributed by atoms with Crippen LogP contribution in [0.15, 0.2) is 24.5 Å². The second kappa shape index (κ2) is 7.46. The smallest absolute Gasteiger partial charge is 0.0590 e. The van der Waals surface area contributed by atoms with Crippen LogP contribution in [-0.4, -0.2) is 42.2 Å². The highest BCUT2D eigenvalue weighted by atomic mass is 16.5. The molecule has 0 amide bonds. The van der Waals surface area contributed by atoms with E-state index in [0.29, 0.717) is 12.6 Å². The van der Waals surface area contributed by atoms with Crippen LogP contribution in [-0.2, 0) is 4.74 Å². The Bertz CT molecular complexity index is 327. The van der Waals surface area contributed by atoms with Gasteiger partial charge in [0.2, 0.25) is 0 Å². The van der Waals surface area contributed by atoms with Gasteiger partial charge in [-0.25, -0.2) is 0 Å². The van der Waals surface area contributed by atoms with E-state index in [1.54, 1.807) is 7.11 Å². The van der Waals surface area contributed by atoms with E-state index in [-0.39, 0.29) is 12.1 Å². The molecule has 2 unspecified atom stereocenters. The molecule has 1 heterocycles. The van der Waals surface area contributed by atoms with Crippen molar-refractivity contribution in [3.63, 3.8) is 0 Å². The summed E-state index contributed by atoms with van der Waals surface area (Å²) in [5, 5.41) is 0. The Morgan fingerprint density at radius 1 is 1.28 bits per heavy atom. The van der Waals surface area contributed by atoms with Crippen LogP contribution in [0.4, 0.5) is 0 Å². The molecule has 0 saturated carbocycles. The summed E-state index contributed by atoms with van der Waals surface area (Å²) in [5.41, 5.74) is 7.39. The molecule has 102 valence electrons. The number of hydrogen-bond acceptors (Lipinski definition) is 4. The Hall–Kier alpha value is -0.970. The molecule has 0 spiro atoms. The van der Waals surface area contributed by atoms with E-state index in [1.807, 2.05) is 31.5 Å². The molecule has 1 rings (SSSR count). The third kappa shape index (κ3) is 4.05. The van der Waals surface area contributed by atoms with Gasteiger partial charge in [-0.15, -0.1) is 0 Å². The van der Waals surface area contributed by atoms with Crippen LogP contribution in [0, 0.1) is 0 Å². The van der Waals surface area contributed by atoms with E-state index in [2.05, 4.69) is 23.7 Å². The molecule has 0 aliphatic rings. The van der Waals surface area contributed by atoms with Gasteiger partial charge in [0.25, 0.3) is 0 Å². The molecule has 2 atom stereocenters. The Morgan fingerprint density at radius 2 is 1.89 bits per heavy atom. The number of ether oxygens (including phenoxy) is 1. The molecule has 1 aromatic heterocycles. The van der Waals surface area contributed by atoms with Crippen LogP contribution in [0.5, 0.6) is 0 Å². The molecule has 0 aliphatic heterocycles. The molecular weight excluding hydrogens is 226 g/mol. The highest BCUT2D eigenvalue weighted by molar-refractivity contribution is 5.17. The molecular formula is C14H25N3O. The molecule has 18 heavy (non-hydrogen) atoms. The number of nitrogens with two attached hydrogens (primary N) is 1. The summed E-state index contributed by atoms with van der Waals surface area (Å²) >= 11 is 0. The second-order valence-corrected chi connectivity index (χ2v) is 4.91. The lowest BCUT2D eigenvalue weighted by atomic mass is 9.99. The third-order valence-electron chi connectivity index (χ3n) is 3.12. The van der Waals surface area contributed by atoms with Crippen molar-refractivity contribution in [3.05, 3.63) is 30.1 Å². The van der Waals surface area contributed by atoms with Gasteiger partial charge in [0.05, 0.1) is 12.6 Å². The van der Waals surface area contributed by atoms with E-state index in [0.717, 1.165) is 6.54 Å². The molecule has 0 radical (unpaired) electrons. The van der Waals surface area contributed by atoms with Gasteiger partial charge < -0.3 is 10.5 Å². The van der Waals surface area contributed by atoms with Crippen molar-refractivity contribution >= 4 is 0 Å². The Balaban J connectivity index is 2.94. The Morgan fingerprint density at radius 3 is 2.33 bits per heavy atom. The highest BCUT2D eigenvalue weighted by Gasteiger charge is 2.25. The van der Waals surface area contributed by atoms with Crippen molar-refractivity contribution in [2.75, 3.05) is 20.3 Å². The largest absolute Gasteiger partial charge is 0.383 e. The quantitative estimate of drug-likeness (QED) is 0.803. The lowest BCUT2D eigenvalue weighted by Gasteiger charge is -2.37. The maximum absolute atomic E-state index is 6.18. The maximum atomic E-state index is 6.18. The number of hydrogen-bond donors (Lipinski definition) is 1. The Labute approximate surface area is 110 Å². The zero-order valence-corrected chi connectivity index (χ0v) is 11.8. The predicted octanol–water partition coefficient (Wildman–Crippen LogP) is 1.83. The van der Waals surface area contributed by atoms with Crippen molar-refractivity contribution in [1.82, 2.24) is 9.88 Å². The average Bonchev–Trinajstić information content (AvgIpc) is 2.34. The first-order valence-corrected chi connectivity index (χ1v) is 6.48. The van der Waals surface area contributed by atoms with Crippen molar-refractivity contribution in [1.29, 1.82) is 0 Å². The summed E-state index contributed by atoms with van der Waals surface area (Å²) in [6.07, 6.45) is 3.64. The molecule has 0 aliphatic carbocycles. The molecule has 4 nitrogen and oxygen atoms in total. The summed E-state index contributed by atoms with van der Waals surface area (Å²) in [6.45, 7) is 8.01. The zero-order valence-electron chi connectivity index (χ0n) is 11.8. The van der Waals surface area contributed by atoms with E-state index < -0.39 is 0 Å². The number of methoxy groups -OCH3 is 1. The van der Waals surface area contributed by atoms with Gasteiger partial charge in [0.1, 0.15) is 0 Å². The summed E-state index contributed by atoms with van der Waals surface area (Å²) in [4.78, 5) is 6.45. The first-order valence-electron chi connectivity index (χ1n) is 6.48. The molecule has 0 bridgehead atoms. The molecule has 2 N–H and O–H groups in total. The molecule has 0 saturated heterocycles. The summed E-state index contributed by atoms with van der Waals surface area (Å²) in [6, 6.07) is 4.76. The predicted molar refractivity (Wildman–Crippen MR) is 74.3 cm³/mol. The number of pyridine rings is 1. The summed E-state index contributed by atoms with van der Waals surface area (Å²) in [7, 11) is 1.73. The monoisotopic (exact) mass is 251 g/mol. The van der Waals surface area contributed by atoms with E-state index >= 15 is 0 Å². The fourth-order valence-electron chi connectivity index (χ4n) is 2.27. The minimum atomic E-state index is 0.0617. The lowest BCUT2D eigenvalue weighted by Crippen LogP contribution is -2.44. The van der Waals surface area contributed by atoms with E-state index in [1.165, 1.54) is 5.56 Å². The first-order chi connectivity index (χ1) is 8.57. The van der Waals surface area contributed by atoms with E-state index in [9.17, 15) is 0 Å². The van der Waals surface area contributed by atoms with Gasteiger partial charge >= 0.3 is 0 Å². The van der Waals surface area contributed by atoms with Gasteiger partial charge in [-0.05, 0) is 38.5 Å². The minimum absolute atomic E-state index is 0.0617. The van der Waals surface area contributed by atoms with Crippen LogP contribution >= 0.6 is 0 Å². The van der Waals surface area contributed by atoms with Gasteiger partial charge in [0, 0.05) is 38.1 Å². The number of aromatic nitrogens is 1. The van der Waals surface area contributed by atoms with Gasteiger partial charge in [-0.1, -0.05) is 0 Å². The molecule has 1 aromatic rings. The van der Waals surface area contributed by atoms with Crippen LogP contribution in [0.25, 0.3) is 0 Å². The highest BCUT2D eigenvalue weighted by Crippen LogP contribution is 2.24. The average molecular weight is 251 g/mol. The normalized spacial score (nSPS) is 15.1. The standard InChI is InChI=1S/C14H25N3O/c1-11(2)17(9-10-18-4)14(12(3)15)13-5-7-16-8-6-13/h5-8,11-12,14H,9-10,15H2,1-4H3. The van der Waals surface area contributed by atoms with Crippen LogP contribution in [0.2, 0.25) is 0 Å². The minimum Gasteiger partial charge on any atom is -0.383 e. The third-order valence-corrected chi connectivity index (χ3v) is 3.12. The van der Waals surface area contributed by atoms with Crippen LogP contribution in [0.3, 0.4) is 0 Å². The molecule has 0 aromatic carbocycles. The summed E-state index contributed by atoms with van der Waals surface area (Å²) in [5.74, 6) is 0.